The molecule has 0 spiro atoms. The summed E-state index contributed by atoms with van der Waals surface area (Å²) >= 11 is 1.79. The maximum Gasteiger partial charge on any atom is 0.179 e. The number of hydrogen-bond donors (Lipinski definition) is 0. The molecule has 1 atom stereocenters. The van der Waals surface area contributed by atoms with Crippen LogP contribution in [0.4, 0.5) is 0 Å². The van der Waals surface area contributed by atoms with E-state index in [1.165, 1.54) is 0 Å². The molecule has 0 saturated carbocycles. The minimum absolute atomic E-state index is 0.239. The van der Waals surface area contributed by atoms with Gasteiger partial charge in [-0.3, -0.25) is 9.78 Å². The first kappa shape index (κ1) is 11.7. The molecular formula is C15H15NOS. The molecule has 1 aromatic carbocycles. The van der Waals surface area contributed by atoms with E-state index in [9.17, 15) is 4.79 Å². The number of ketones is 1. The second-order valence-corrected chi connectivity index (χ2v) is 6.51. The molecule has 1 fully saturated rings. The summed E-state index contributed by atoms with van der Waals surface area (Å²) in [5.74, 6) is 1.36. The molecule has 0 N–H and O–H groups in total. The van der Waals surface area contributed by atoms with Crippen LogP contribution in [0.3, 0.4) is 0 Å². The molecule has 3 rings (SSSR count). The third kappa shape index (κ3) is 1.83. The van der Waals surface area contributed by atoms with Crippen molar-refractivity contribution in [2.75, 3.05) is 5.75 Å². The number of aromatic nitrogens is 1. The third-order valence-electron chi connectivity index (χ3n) is 3.62. The lowest BCUT2D eigenvalue weighted by molar-refractivity contribution is 0.0950. The van der Waals surface area contributed by atoms with E-state index in [0.29, 0.717) is 0 Å². The normalized spacial score (nSPS) is 23.4. The van der Waals surface area contributed by atoms with E-state index in [1.54, 1.807) is 18.0 Å². The number of hydrogen-bond acceptors (Lipinski definition) is 3. The summed E-state index contributed by atoms with van der Waals surface area (Å²) in [6.07, 6.45) is 5.69. The number of fused-ring (bicyclic) bond motifs is 1. The SMILES string of the molecule is CC1(C(=O)c2cccc3cnccc23)CCCS1. The van der Waals surface area contributed by atoms with Crippen LogP contribution in [-0.4, -0.2) is 21.3 Å². The molecule has 1 aliphatic rings. The molecule has 92 valence electrons. The van der Waals surface area contributed by atoms with Gasteiger partial charge in [-0.15, -0.1) is 11.8 Å². The van der Waals surface area contributed by atoms with Gasteiger partial charge in [0.1, 0.15) is 0 Å². The standard InChI is InChI=1S/C15H15NOS/c1-15(7-3-9-18-15)14(17)13-5-2-4-11-10-16-8-6-12(11)13/h2,4-6,8,10H,3,7,9H2,1H3. The fourth-order valence-corrected chi connectivity index (χ4v) is 3.83. The van der Waals surface area contributed by atoms with Crippen LogP contribution in [0.1, 0.15) is 30.1 Å². The zero-order chi connectivity index (χ0) is 12.6. The van der Waals surface area contributed by atoms with Gasteiger partial charge >= 0.3 is 0 Å². The molecule has 2 heterocycles. The highest BCUT2D eigenvalue weighted by Gasteiger charge is 2.38. The van der Waals surface area contributed by atoms with Crippen molar-refractivity contribution in [2.45, 2.75) is 24.5 Å². The summed E-state index contributed by atoms with van der Waals surface area (Å²) < 4.78 is -0.239. The third-order valence-corrected chi connectivity index (χ3v) is 5.14. The van der Waals surface area contributed by atoms with Gasteiger partial charge in [0.05, 0.1) is 4.75 Å². The quantitative estimate of drug-likeness (QED) is 0.768. The minimum atomic E-state index is -0.239. The van der Waals surface area contributed by atoms with Crippen molar-refractivity contribution in [1.82, 2.24) is 4.98 Å². The summed E-state index contributed by atoms with van der Waals surface area (Å²) in [5.41, 5.74) is 0.840. The minimum Gasteiger partial charge on any atom is -0.293 e. The van der Waals surface area contributed by atoms with E-state index < -0.39 is 0 Å². The molecule has 0 amide bonds. The van der Waals surface area contributed by atoms with Crippen LogP contribution in [0.25, 0.3) is 10.8 Å². The van der Waals surface area contributed by atoms with Crippen molar-refractivity contribution in [2.24, 2.45) is 0 Å². The first-order valence-electron chi connectivity index (χ1n) is 6.22. The fourth-order valence-electron chi connectivity index (χ4n) is 2.56. The average molecular weight is 257 g/mol. The van der Waals surface area contributed by atoms with Crippen LogP contribution < -0.4 is 0 Å². The van der Waals surface area contributed by atoms with E-state index >= 15 is 0 Å². The number of benzene rings is 1. The Morgan fingerprint density at radius 1 is 1.39 bits per heavy atom. The molecule has 1 aromatic heterocycles. The molecular weight excluding hydrogens is 242 g/mol. The molecule has 2 nitrogen and oxygen atoms in total. The molecule has 18 heavy (non-hydrogen) atoms. The zero-order valence-corrected chi connectivity index (χ0v) is 11.2. The van der Waals surface area contributed by atoms with Gasteiger partial charge in [-0.05, 0) is 37.0 Å². The molecule has 3 heteroatoms. The Bertz CT molecular complexity index is 597. The molecule has 1 saturated heterocycles. The molecule has 1 aliphatic heterocycles. The average Bonchev–Trinajstić information content (AvgIpc) is 2.85. The summed E-state index contributed by atoms with van der Waals surface area (Å²) in [6, 6.07) is 7.82. The number of pyridine rings is 1. The van der Waals surface area contributed by atoms with Gasteiger partial charge in [0.15, 0.2) is 5.78 Å². The Morgan fingerprint density at radius 2 is 2.28 bits per heavy atom. The van der Waals surface area contributed by atoms with Crippen molar-refractivity contribution in [3.8, 4) is 0 Å². The molecule has 0 aliphatic carbocycles. The maximum absolute atomic E-state index is 12.7. The van der Waals surface area contributed by atoms with Crippen LogP contribution in [0, 0.1) is 0 Å². The smallest absolute Gasteiger partial charge is 0.179 e. The van der Waals surface area contributed by atoms with Crippen molar-refractivity contribution < 1.29 is 4.79 Å². The van der Waals surface area contributed by atoms with E-state index in [2.05, 4.69) is 11.9 Å². The highest BCUT2D eigenvalue weighted by atomic mass is 32.2. The van der Waals surface area contributed by atoms with Crippen LogP contribution in [0.2, 0.25) is 0 Å². The van der Waals surface area contributed by atoms with Gasteiger partial charge in [-0.1, -0.05) is 18.2 Å². The predicted octanol–water partition coefficient (Wildman–Crippen LogP) is 3.70. The van der Waals surface area contributed by atoms with Crippen molar-refractivity contribution in [3.05, 3.63) is 42.2 Å². The Labute approximate surface area is 111 Å². The largest absolute Gasteiger partial charge is 0.293 e. The highest BCUT2D eigenvalue weighted by molar-refractivity contribution is 8.01. The summed E-state index contributed by atoms with van der Waals surface area (Å²) in [5, 5.41) is 2.06. The van der Waals surface area contributed by atoms with Crippen molar-refractivity contribution >= 4 is 28.3 Å². The highest BCUT2D eigenvalue weighted by Crippen LogP contribution is 2.41. The summed E-state index contributed by atoms with van der Waals surface area (Å²) in [4.78, 5) is 16.9. The number of carbonyl (C=O) groups is 1. The number of Topliss-reactive ketones (excluding diaryl/α,β-unsaturated/α-hetero) is 1. The molecule has 2 aromatic rings. The first-order chi connectivity index (χ1) is 8.71. The van der Waals surface area contributed by atoms with Gasteiger partial charge in [-0.25, -0.2) is 0 Å². The lowest BCUT2D eigenvalue weighted by atomic mass is 9.92. The zero-order valence-electron chi connectivity index (χ0n) is 10.3. The lowest BCUT2D eigenvalue weighted by Gasteiger charge is -2.21. The lowest BCUT2D eigenvalue weighted by Crippen LogP contribution is -2.28. The van der Waals surface area contributed by atoms with Gasteiger partial charge in [-0.2, -0.15) is 0 Å². The van der Waals surface area contributed by atoms with Crippen LogP contribution in [0.15, 0.2) is 36.7 Å². The summed E-state index contributed by atoms with van der Waals surface area (Å²) in [7, 11) is 0. The Kier molecular flexibility index (Phi) is 2.86. The Balaban J connectivity index is 2.12. The Morgan fingerprint density at radius 3 is 3.06 bits per heavy atom. The Hall–Kier alpha value is -1.35. The number of thioether (sulfide) groups is 1. The second kappa shape index (κ2) is 4.39. The van der Waals surface area contributed by atoms with Crippen molar-refractivity contribution in [3.63, 3.8) is 0 Å². The van der Waals surface area contributed by atoms with E-state index in [0.717, 1.165) is 34.9 Å². The molecule has 0 radical (unpaired) electrons. The van der Waals surface area contributed by atoms with Crippen molar-refractivity contribution in [1.29, 1.82) is 0 Å². The van der Waals surface area contributed by atoms with Crippen LogP contribution in [-0.2, 0) is 0 Å². The fraction of sp³-hybridized carbons (Fsp3) is 0.333. The van der Waals surface area contributed by atoms with E-state index in [-0.39, 0.29) is 10.5 Å². The van der Waals surface area contributed by atoms with E-state index in [4.69, 9.17) is 0 Å². The number of carbonyl (C=O) groups excluding carboxylic acids is 1. The van der Waals surface area contributed by atoms with Gasteiger partial charge in [0.2, 0.25) is 0 Å². The van der Waals surface area contributed by atoms with Gasteiger partial charge in [0.25, 0.3) is 0 Å². The van der Waals surface area contributed by atoms with E-state index in [1.807, 2.05) is 30.5 Å². The number of nitrogens with zero attached hydrogens (tertiary/aromatic N) is 1. The second-order valence-electron chi connectivity index (χ2n) is 4.91. The predicted molar refractivity (Wildman–Crippen MR) is 76.2 cm³/mol. The molecule has 1 unspecified atom stereocenters. The van der Waals surface area contributed by atoms with Crippen LogP contribution in [0.5, 0.6) is 0 Å². The van der Waals surface area contributed by atoms with Gasteiger partial charge in [0, 0.05) is 23.3 Å². The number of rotatable bonds is 2. The van der Waals surface area contributed by atoms with Crippen LogP contribution >= 0.6 is 11.8 Å². The topological polar surface area (TPSA) is 30.0 Å². The molecule has 0 bridgehead atoms. The monoisotopic (exact) mass is 257 g/mol. The maximum atomic E-state index is 12.7. The van der Waals surface area contributed by atoms with Gasteiger partial charge < -0.3 is 0 Å². The summed E-state index contributed by atoms with van der Waals surface area (Å²) in [6.45, 7) is 2.08. The first-order valence-corrected chi connectivity index (χ1v) is 7.21.